The van der Waals surface area contributed by atoms with Gasteiger partial charge in [0.25, 0.3) is 0 Å². The molecule has 0 aromatic heterocycles. The highest BCUT2D eigenvalue weighted by molar-refractivity contribution is 5.98. The zero-order valence-corrected chi connectivity index (χ0v) is 12.6. The van der Waals surface area contributed by atoms with Crippen molar-refractivity contribution in [3.05, 3.63) is 34.4 Å². The number of Topliss-reactive ketones (excluding diaryl/α,β-unsaturated/α-hetero) is 1. The molecule has 0 aliphatic carbocycles. The first-order valence-corrected chi connectivity index (χ1v) is 6.76. The van der Waals surface area contributed by atoms with Crippen LogP contribution < -0.4 is 0 Å². The normalized spacial score (nSPS) is 12.5. The summed E-state index contributed by atoms with van der Waals surface area (Å²) in [5.41, 5.74) is 4.11. The quantitative estimate of drug-likeness (QED) is 0.709. The van der Waals surface area contributed by atoms with E-state index < -0.39 is 0 Å². The molecule has 0 aliphatic heterocycles. The van der Waals surface area contributed by atoms with Crippen LogP contribution in [0.25, 0.3) is 0 Å². The van der Waals surface area contributed by atoms with Gasteiger partial charge in [-0.2, -0.15) is 0 Å². The molecule has 0 fully saturated rings. The van der Waals surface area contributed by atoms with Crippen LogP contribution >= 0.6 is 0 Å². The number of ketones is 1. The van der Waals surface area contributed by atoms with Crippen LogP contribution in [0.4, 0.5) is 0 Å². The van der Waals surface area contributed by atoms with Gasteiger partial charge in [0.05, 0.1) is 12.7 Å². The van der Waals surface area contributed by atoms with Gasteiger partial charge >= 0.3 is 0 Å². The zero-order chi connectivity index (χ0) is 14.4. The predicted molar refractivity (Wildman–Crippen MR) is 76.9 cm³/mol. The number of rotatable bonds is 7. The van der Waals surface area contributed by atoms with E-state index in [1.807, 2.05) is 39.8 Å². The molecule has 0 heterocycles. The van der Waals surface area contributed by atoms with Crippen LogP contribution in [0.5, 0.6) is 0 Å². The molecule has 1 aromatic carbocycles. The first-order chi connectivity index (χ1) is 8.95. The van der Waals surface area contributed by atoms with Gasteiger partial charge in [0.15, 0.2) is 5.78 Å². The van der Waals surface area contributed by atoms with E-state index in [2.05, 4.69) is 6.92 Å². The maximum Gasteiger partial charge on any atom is 0.188 e. The van der Waals surface area contributed by atoms with Crippen molar-refractivity contribution in [2.75, 3.05) is 19.8 Å². The van der Waals surface area contributed by atoms with Crippen LogP contribution in [0.2, 0.25) is 0 Å². The summed E-state index contributed by atoms with van der Waals surface area (Å²) >= 11 is 0. The molecular weight excluding hydrogens is 240 g/mol. The van der Waals surface area contributed by atoms with Crippen molar-refractivity contribution in [1.29, 1.82) is 0 Å². The number of aryl methyl sites for hydroxylation is 3. The summed E-state index contributed by atoms with van der Waals surface area (Å²) in [5.74, 6) is 0.0314. The monoisotopic (exact) mass is 264 g/mol. The topological polar surface area (TPSA) is 35.5 Å². The molecule has 0 bridgehead atoms. The largest absolute Gasteiger partial charge is 0.379 e. The molecule has 3 nitrogen and oxygen atoms in total. The molecule has 0 aliphatic rings. The van der Waals surface area contributed by atoms with Crippen molar-refractivity contribution >= 4 is 5.78 Å². The lowest BCUT2D eigenvalue weighted by molar-refractivity contribution is 0.00113. The third-order valence-corrected chi connectivity index (χ3v) is 3.20. The fourth-order valence-corrected chi connectivity index (χ4v) is 1.89. The Hall–Kier alpha value is -1.19. The van der Waals surface area contributed by atoms with E-state index in [1.165, 1.54) is 5.56 Å². The molecule has 0 saturated carbocycles. The highest BCUT2D eigenvalue weighted by atomic mass is 16.5. The standard InChI is InChI=1S/C16H24O3/c1-6-18-9-14(5)19-10-16(17)15-8-12(3)11(2)7-13(15)4/h7-8,14H,6,9-10H2,1-5H3. The Morgan fingerprint density at radius 3 is 2.42 bits per heavy atom. The van der Waals surface area contributed by atoms with Crippen molar-refractivity contribution in [3.8, 4) is 0 Å². The minimum Gasteiger partial charge on any atom is -0.379 e. The van der Waals surface area contributed by atoms with Gasteiger partial charge in [-0.3, -0.25) is 4.79 Å². The van der Waals surface area contributed by atoms with Gasteiger partial charge in [0.1, 0.15) is 6.61 Å². The minimum absolute atomic E-state index is 0.0314. The number of hydrogen-bond acceptors (Lipinski definition) is 3. The van der Waals surface area contributed by atoms with Gasteiger partial charge in [-0.05, 0) is 57.4 Å². The second-order valence-corrected chi connectivity index (χ2v) is 4.96. The van der Waals surface area contributed by atoms with E-state index in [-0.39, 0.29) is 18.5 Å². The summed E-state index contributed by atoms with van der Waals surface area (Å²) in [5, 5.41) is 0. The summed E-state index contributed by atoms with van der Waals surface area (Å²) in [7, 11) is 0. The van der Waals surface area contributed by atoms with Gasteiger partial charge in [-0.25, -0.2) is 0 Å². The van der Waals surface area contributed by atoms with Gasteiger partial charge in [0, 0.05) is 12.2 Å². The van der Waals surface area contributed by atoms with Crippen LogP contribution in [0.15, 0.2) is 12.1 Å². The summed E-state index contributed by atoms with van der Waals surface area (Å²) in [6, 6.07) is 4.00. The molecule has 0 radical (unpaired) electrons. The predicted octanol–water partition coefficient (Wildman–Crippen LogP) is 3.24. The molecule has 1 aromatic rings. The zero-order valence-electron chi connectivity index (χ0n) is 12.6. The maximum absolute atomic E-state index is 12.1. The molecule has 0 saturated heterocycles. The number of hydrogen-bond donors (Lipinski definition) is 0. The summed E-state index contributed by atoms with van der Waals surface area (Å²) in [6.07, 6.45) is -0.0595. The molecule has 19 heavy (non-hydrogen) atoms. The SMILES string of the molecule is CCOCC(C)OCC(=O)c1cc(C)c(C)cc1C. The van der Waals surface area contributed by atoms with Gasteiger partial charge in [-0.15, -0.1) is 0 Å². The molecule has 3 heteroatoms. The van der Waals surface area contributed by atoms with E-state index in [1.54, 1.807) is 0 Å². The van der Waals surface area contributed by atoms with Crippen molar-refractivity contribution in [3.63, 3.8) is 0 Å². The number of benzene rings is 1. The summed E-state index contributed by atoms with van der Waals surface area (Å²) in [4.78, 5) is 12.1. The smallest absolute Gasteiger partial charge is 0.188 e. The second kappa shape index (κ2) is 7.41. The van der Waals surface area contributed by atoms with Gasteiger partial charge < -0.3 is 9.47 Å². The van der Waals surface area contributed by atoms with Crippen LogP contribution in [-0.4, -0.2) is 31.7 Å². The van der Waals surface area contributed by atoms with E-state index in [9.17, 15) is 4.79 Å². The van der Waals surface area contributed by atoms with Crippen LogP contribution in [0.1, 0.15) is 40.9 Å². The van der Waals surface area contributed by atoms with E-state index in [0.717, 1.165) is 16.7 Å². The molecule has 0 amide bonds. The van der Waals surface area contributed by atoms with Gasteiger partial charge in [-0.1, -0.05) is 6.07 Å². The third-order valence-electron chi connectivity index (χ3n) is 3.20. The van der Waals surface area contributed by atoms with E-state index >= 15 is 0 Å². The molecule has 1 unspecified atom stereocenters. The number of ether oxygens (including phenoxy) is 2. The average Bonchev–Trinajstić information content (AvgIpc) is 2.37. The Labute approximate surface area is 115 Å². The molecule has 1 rings (SSSR count). The second-order valence-electron chi connectivity index (χ2n) is 4.96. The van der Waals surface area contributed by atoms with Crippen molar-refractivity contribution in [2.24, 2.45) is 0 Å². The Morgan fingerprint density at radius 2 is 1.79 bits per heavy atom. The fourth-order valence-electron chi connectivity index (χ4n) is 1.89. The first kappa shape index (κ1) is 15.9. The number of carbonyl (C=O) groups excluding carboxylic acids is 1. The Balaban J connectivity index is 2.61. The molecular formula is C16H24O3. The molecule has 0 N–H and O–H groups in total. The van der Waals surface area contributed by atoms with Crippen LogP contribution in [-0.2, 0) is 9.47 Å². The Kier molecular flexibility index (Phi) is 6.19. The lowest BCUT2D eigenvalue weighted by atomic mass is 9.98. The van der Waals surface area contributed by atoms with Crippen molar-refractivity contribution in [1.82, 2.24) is 0 Å². The minimum atomic E-state index is -0.0595. The average molecular weight is 264 g/mol. The lowest BCUT2D eigenvalue weighted by Crippen LogP contribution is -2.21. The Morgan fingerprint density at radius 1 is 1.16 bits per heavy atom. The first-order valence-electron chi connectivity index (χ1n) is 6.76. The molecule has 1 atom stereocenters. The van der Waals surface area contributed by atoms with E-state index in [0.29, 0.717) is 13.2 Å². The molecule has 106 valence electrons. The Bertz CT molecular complexity index is 438. The maximum atomic E-state index is 12.1. The highest BCUT2D eigenvalue weighted by Crippen LogP contribution is 2.16. The third kappa shape index (κ3) is 4.77. The lowest BCUT2D eigenvalue weighted by Gasteiger charge is -2.13. The van der Waals surface area contributed by atoms with Crippen LogP contribution in [0.3, 0.4) is 0 Å². The number of carbonyl (C=O) groups is 1. The molecule has 0 spiro atoms. The van der Waals surface area contributed by atoms with E-state index in [4.69, 9.17) is 9.47 Å². The van der Waals surface area contributed by atoms with Crippen molar-refractivity contribution in [2.45, 2.75) is 40.7 Å². The fraction of sp³-hybridized carbons (Fsp3) is 0.562. The van der Waals surface area contributed by atoms with Crippen LogP contribution in [0, 0.1) is 20.8 Å². The van der Waals surface area contributed by atoms with Gasteiger partial charge in [0.2, 0.25) is 0 Å². The van der Waals surface area contributed by atoms with Crippen molar-refractivity contribution < 1.29 is 14.3 Å². The summed E-state index contributed by atoms with van der Waals surface area (Å²) in [6.45, 7) is 11.2. The highest BCUT2D eigenvalue weighted by Gasteiger charge is 2.12. The summed E-state index contributed by atoms with van der Waals surface area (Å²) < 4.78 is 10.8.